The number of rotatable bonds is 10. The molecular formula is C23H32IN5O2. The van der Waals surface area contributed by atoms with Crippen molar-refractivity contribution >= 4 is 35.6 Å². The van der Waals surface area contributed by atoms with Crippen LogP contribution in [0.15, 0.2) is 53.8 Å². The lowest BCUT2D eigenvalue weighted by atomic mass is 10.1. The monoisotopic (exact) mass is 537 g/mol. The van der Waals surface area contributed by atoms with Gasteiger partial charge < -0.3 is 24.5 Å². The maximum absolute atomic E-state index is 5.71. The van der Waals surface area contributed by atoms with E-state index in [2.05, 4.69) is 38.9 Å². The van der Waals surface area contributed by atoms with Crippen molar-refractivity contribution in [1.82, 2.24) is 20.0 Å². The minimum atomic E-state index is 0. The van der Waals surface area contributed by atoms with Crippen LogP contribution in [0, 0.1) is 0 Å². The molecule has 1 aromatic carbocycles. The van der Waals surface area contributed by atoms with E-state index in [9.17, 15) is 0 Å². The van der Waals surface area contributed by atoms with Gasteiger partial charge in [0.2, 0.25) is 0 Å². The Balaban J connectivity index is 0.00000341. The zero-order chi connectivity index (χ0) is 21.2. The molecular weight excluding hydrogens is 505 g/mol. The van der Waals surface area contributed by atoms with Crippen molar-refractivity contribution < 1.29 is 9.47 Å². The summed E-state index contributed by atoms with van der Waals surface area (Å²) in [5, 5.41) is 6.71. The van der Waals surface area contributed by atoms with Gasteiger partial charge >= 0.3 is 0 Å². The molecule has 3 rings (SSSR count). The lowest BCUT2D eigenvalue weighted by Gasteiger charge is -2.14. The van der Waals surface area contributed by atoms with Crippen molar-refractivity contribution in [1.29, 1.82) is 0 Å². The molecule has 0 atom stereocenters. The van der Waals surface area contributed by atoms with E-state index in [1.807, 2.05) is 48.7 Å². The number of halogens is 1. The lowest BCUT2D eigenvalue weighted by molar-refractivity contribution is 0.287. The summed E-state index contributed by atoms with van der Waals surface area (Å²) in [6, 6.07) is 12.1. The van der Waals surface area contributed by atoms with E-state index in [0.717, 1.165) is 54.7 Å². The van der Waals surface area contributed by atoms with E-state index < -0.39 is 0 Å². The van der Waals surface area contributed by atoms with Crippen LogP contribution in [-0.4, -0.2) is 48.7 Å². The van der Waals surface area contributed by atoms with Crippen molar-refractivity contribution in [3.05, 3.63) is 60.0 Å². The van der Waals surface area contributed by atoms with Crippen molar-refractivity contribution in [3.8, 4) is 11.5 Å². The van der Waals surface area contributed by atoms with Crippen LogP contribution in [0.1, 0.15) is 25.1 Å². The number of hydrogen-bond donors (Lipinski definition) is 2. The highest BCUT2D eigenvalue weighted by Gasteiger charge is 2.07. The summed E-state index contributed by atoms with van der Waals surface area (Å²) in [6.07, 6.45) is 5.77. The van der Waals surface area contributed by atoms with Crippen LogP contribution in [0.5, 0.6) is 11.5 Å². The average molecular weight is 537 g/mol. The predicted octanol–water partition coefficient (Wildman–Crippen LogP) is 3.70. The third-order valence-electron chi connectivity index (χ3n) is 4.62. The molecule has 168 valence electrons. The Hall–Kier alpha value is -2.49. The standard InChI is InChI=1S/C23H31N5O2.HI/c1-4-29-20-10-9-18(16-21(20)30-5-2)11-13-25-23(24-3)26-14-12-19-17-28-15-7-6-8-22(28)27-19;/h6-10,15-17H,4-5,11-14H2,1-3H3,(H2,24,25,26);1H. The minimum Gasteiger partial charge on any atom is -0.490 e. The summed E-state index contributed by atoms with van der Waals surface area (Å²) in [4.78, 5) is 8.92. The largest absolute Gasteiger partial charge is 0.490 e. The number of hydrogen-bond acceptors (Lipinski definition) is 4. The van der Waals surface area contributed by atoms with Crippen LogP contribution in [-0.2, 0) is 12.8 Å². The van der Waals surface area contributed by atoms with Gasteiger partial charge in [-0.25, -0.2) is 4.98 Å². The average Bonchev–Trinajstić information content (AvgIpc) is 3.17. The van der Waals surface area contributed by atoms with Gasteiger partial charge in [0.05, 0.1) is 18.9 Å². The molecule has 0 saturated carbocycles. The Morgan fingerprint density at radius 1 is 1.00 bits per heavy atom. The second-order valence-corrected chi connectivity index (χ2v) is 6.77. The maximum Gasteiger partial charge on any atom is 0.190 e. The van der Waals surface area contributed by atoms with Gasteiger partial charge in [0.25, 0.3) is 0 Å². The lowest BCUT2D eigenvalue weighted by Crippen LogP contribution is -2.39. The number of guanidine groups is 1. The topological polar surface area (TPSA) is 72.2 Å². The molecule has 8 heteroatoms. The summed E-state index contributed by atoms with van der Waals surface area (Å²) in [5.74, 6) is 2.38. The number of benzene rings is 1. The third-order valence-corrected chi connectivity index (χ3v) is 4.62. The molecule has 0 unspecified atom stereocenters. The summed E-state index contributed by atoms with van der Waals surface area (Å²) in [6.45, 7) is 6.73. The van der Waals surface area contributed by atoms with E-state index in [4.69, 9.17) is 9.47 Å². The van der Waals surface area contributed by atoms with Crippen molar-refractivity contribution in [2.45, 2.75) is 26.7 Å². The van der Waals surface area contributed by atoms with Gasteiger partial charge in [-0.3, -0.25) is 4.99 Å². The quantitative estimate of drug-likeness (QED) is 0.235. The first kappa shape index (κ1) is 24.8. The molecule has 0 aliphatic rings. The highest BCUT2D eigenvalue weighted by molar-refractivity contribution is 14.0. The molecule has 2 N–H and O–H groups in total. The van der Waals surface area contributed by atoms with E-state index in [1.54, 1.807) is 7.05 Å². The number of aromatic nitrogens is 2. The molecule has 0 saturated heterocycles. The second kappa shape index (κ2) is 13.0. The normalized spacial score (nSPS) is 11.1. The number of fused-ring (bicyclic) bond motifs is 1. The Bertz CT molecular complexity index is 941. The third kappa shape index (κ3) is 7.30. The van der Waals surface area contributed by atoms with E-state index in [1.165, 1.54) is 5.56 Å². The highest BCUT2D eigenvalue weighted by atomic mass is 127. The van der Waals surface area contributed by atoms with Gasteiger partial charge in [0.1, 0.15) is 5.65 Å². The smallest absolute Gasteiger partial charge is 0.190 e. The number of ether oxygens (including phenoxy) is 2. The number of aliphatic imine (C=N–C) groups is 1. The summed E-state index contributed by atoms with van der Waals surface area (Å²) < 4.78 is 13.4. The second-order valence-electron chi connectivity index (χ2n) is 6.77. The highest BCUT2D eigenvalue weighted by Crippen LogP contribution is 2.28. The predicted molar refractivity (Wildman–Crippen MR) is 136 cm³/mol. The van der Waals surface area contributed by atoms with Gasteiger partial charge in [-0.2, -0.15) is 0 Å². The zero-order valence-corrected chi connectivity index (χ0v) is 20.8. The molecule has 2 aromatic heterocycles. The molecule has 0 aliphatic carbocycles. The van der Waals surface area contributed by atoms with Gasteiger partial charge in [0, 0.05) is 39.0 Å². The maximum atomic E-state index is 5.71. The zero-order valence-electron chi connectivity index (χ0n) is 18.4. The first-order chi connectivity index (χ1) is 14.7. The van der Waals surface area contributed by atoms with E-state index in [-0.39, 0.29) is 24.0 Å². The van der Waals surface area contributed by atoms with Crippen LogP contribution >= 0.6 is 24.0 Å². The molecule has 0 spiro atoms. The minimum absolute atomic E-state index is 0. The summed E-state index contributed by atoms with van der Waals surface area (Å²) >= 11 is 0. The molecule has 0 fully saturated rings. The first-order valence-electron chi connectivity index (χ1n) is 10.5. The number of nitrogens with zero attached hydrogens (tertiary/aromatic N) is 3. The molecule has 31 heavy (non-hydrogen) atoms. The van der Waals surface area contributed by atoms with Gasteiger partial charge in [-0.1, -0.05) is 12.1 Å². The van der Waals surface area contributed by atoms with Crippen LogP contribution < -0.4 is 20.1 Å². The molecule has 0 bridgehead atoms. The SMILES string of the molecule is CCOc1ccc(CCNC(=NC)NCCc2cn3ccccc3n2)cc1OCC.I. The molecule has 3 aromatic rings. The molecule has 2 heterocycles. The van der Waals surface area contributed by atoms with E-state index in [0.29, 0.717) is 13.2 Å². The van der Waals surface area contributed by atoms with E-state index >= 15 is 0 Å². The van der Waals surface area contributed by atoms with Crippen LogP contribution in [0.2, 0.25) is 0 Å². The summed E-state index contributed by atoms with van der Waals surface area (Å²) in [7, 11) is 1.78. The fraction of sp³-hybridized carbons (Fsp3) is 0.391. The van der Waals surface area contributed by atoms with Gasteiger partial charge in [-0.05, 0) is 50.1 Å². The first-order valence-corrected chi connectivity index (χ1v) is 10.5. The fourth-order valence-corrected chi connectivity index (χ4v) is 3.21. The molecule has 0 amide bonds. The number of imidazole rings is 1. The van der Waals surface area contributed by atoms with Crippen molar-refractivity contribution in [2.24, 2.45) is 4.99 Å². The van der Waals surface area contributed by atoms with Gasteiger partial charge in [-0.15, -0.1) is 24.0 Å². The van der Waals surface area contributed by atoms with Gasteiger partial charge in [0.15, 0.2) is 17.5 Å². The van der Waals surface area contributed by atoms with Crippen LogP contribution in [0.4, 0.5) is 0 Å². The van der Waals surface area contributed by atoms with Crippen LogP contribution in [0.25, 0.3) is 5.65 Å². The summed E-state index contributed by atoms with van der Waals surface area (Å²) in [5.41, 5.74) is 3.22. The molecule has 7 nitrogen and oxygen atoms in total. The van der Waals surface area contributed by atoms with Crippen LogP contribution in [0.3, 0.4) is 0 Å². The Morgan fingerprint density at radius 2 is 1.74 bits per heavy atom. The van der Waals surface area contributed by atoms with Crippen molar-refractivity contribution in [3.63, 3.8) is 0 Å². The molecule has 0 radical (unpaired) electrons. The Morgan fingerprint density at radius 3 is 2.45 bits per heavy atom. The van der Waals surface area contributed by atoms with Crippen molar-refractivity contribution in [2.75, 3.05) is 33.4 Å². The number of nitrogens with one attached hydrogen (secondary N) is 2. The fourth-order valence-electron chi connectivity index (χ4n) is 3.21. The molecule has 0 aliphatic heterocycles. The Labute approximate surface area is 201 Å². The Kier molecular flexibility index (Phi) is 10.4. The number of pyridine rings is 1.